The van der Waals surface area contributed by atoms with E-state index in [1.54, 1.807) is 24.2 Å². The third kappa shape index (κ3) is 2.85. The van der Waals surface area contributed by atoms with E-state index in [1.807, 2.05) is 13.2 Å². The van der Waals surface area contributed by atoms with Crippen LogP contribution in [-0.2, 0) is 11.8 Å². The summed E-state index contributed by atoms with van der Waals surface area (Å²) in [5.41, 5.74) is 6.41. The van der Waals surface area contributed by atoms with E-state index in [1.165, 1.54) is 0 Å². The number of nitrogens with two attached hydrogens (primary N) is 1. The van der Waals surface area contributed by atoms with Crippen molar-refractivity contribution >= 4 is 23.4 Å². The molecule has 9 heteroatoms. The zero-order valence-corrected chi connectivity index (χ0v) is 14.6. The first-order valence-corrected chi connectivity index (χ1v) is 8.46. The molecule has 4 N–H and O–H groups in total. The molecule has 2 aromatic heterocycles. The second-order valence-electron chi connectivity index (χ2n) is 6.68. The van der Waals surface area contributed by atoms with Crippen molar-refractivity contribution in [2.75, 3.05) is 17.7 Å². The number of hydrogen-bond donors (Lipinski definition) is 3. The quantitative estimate of drug-likeness (QED) is 0.662. The number of allylic oxidation sites excluding steroid dienone is 1. The molecule has 136 valence electrons. The largest absolute Gasteiger partial charge is 0.491 e. The summed E-state index contributed by atoms with van der Waals surface area (Å²) in [4.78, 5) is 20.7. The van der Waals surface area contributed by atoms with Gasteiger partial charge in [-0.3, -0.25) is 9.48 Å². The van der Waals surface area contributed by atoms with Crippen molar-refractivity contribution in [3.05, 3.63) is 30.7 Å². The molecule has 2 aromatic rings. The van der Waals surface area contributed by atoms with Crippen LogP contribution in [0.1, 0.15) is 6.42 Å². The number of nitrogens with one attached hydrogen (secondary N) is 2. The zero-order chi connectivity index (χ0) is 18.3. The Morgan fingerprint density at radius 3 is 2.85 bits per heavy atom. The molecule has 2 aliphatic rings. The molecule has 0 saturated heterocycles. The van der Waals surface area contributed by atoms with Crippen LogP contribution in [0.2, 0.25) is 0 Å². The van der Waals surface area contributed by atoms with Gasteiger partial charge in [-0.05, 0) is 18.3 Å². The molecule has 0 aromatic carbocycles. The van der Waals surface area contributed by atoms with Crippen LogP contribution in [0.25, 0.3) is 0 Å². The summed E-state index contributed by atoms with van der Waals surface area (Å²) in [6, 6.07) is -0.0995. The molecule has 0 unspecified atom stereocenters. The summed E-state index contributed by atoms with van der Waals surface area (Å²) >= 11 is 0. The third-order valence-corrected chi connectivity index (χ3v) is 5.03. The Hall–Kier alpha value is -3.10. The summed E-state index contributed by atoms with van der Waals surface area (Å²) in [5, 5.41) is 10.6. The van der Waals surface area contributed by atoms with Crippen LogP contribution in [0.5, 0.6) is 5.75 Å². The predicted octanol–water partition coefficient (Wildman–Crippen LogP) is 1.05. The number of primary amides is 1. The molecule has 2 aliphatic carbocycles. The zero-order valence-electron chi connectivity index (χ0n) is 14.6. The monoisotopic (exact) mass is 355 g/mol. The standard InChI is InChI=1S/C17H21N7O2/c1-24-8-11(6-20-24)21-17-19-7-12(26-2)16(23-17)22-14-10-4-3-9(5-10)13(14)15(18)25/h3-4,6-10,13-14H,5H2,1-2H3,(H2,18,25)(H2,19,21,22,23)/t9-,10-,13-,14+/m0/s1. The number of aryl methyl sites for hydroxylation is 1. The van der Waals surface area contributed by atoms with E-state index in [0.717, 1.165) is 12.1 Å². The molecule has 1 saturated carbocycles. The summed E-state index contributed by atoms with van der Waals surface area (Å²) in [6.07, 6.45) is 10.3. The van der Waals surface area contributed by atoms with E-state index in [9.17, 15) is 4.79 Å². The van der Waals surface area contributed by atoms with Gasteiger partial charge in [0.15, 0.2) is 11.6 Å². The molecule has 4 rings (SSSR count). The normalized spacial score (nSPS) is 26.1. The van der Waals surface area contributed by atoms with Gasteiger partial charge in [-0.15, -0.1) is 0 Å². The van der Waals surface area contributed by atoms with E-state index in [-0.39, 0.29) is 29.7 Å². The van der Waals surface area contributed by atoms with Crippen molar-refractivity contribution in [2.24, 2.45) is 30.5 Å². The molecule has 0 spiro atoms. The molecule has 0 aliphatic heterocycles. The molecule has 2 heterocycles. The molecule has 4 atom stereocenters. The van der Waals surface area contributed by atoms with Crippen molar-refractivity contribution < 1.29 is 9.53 Å². The second kappa shape index (κ2) is 6.32. The number of methoxy groups -OCH3 is 1. The van der Waals surface area contributed by atoms with Gasteiger partial charge in [-0.2, -0.15) is 10.1 Å². The Morgan fingerprint density at radius 2 is 2.15 bits per heavy atom. The van der Waals surface area contributed by atoms with Crippen molar-refractivity contribution in [2.45, 2.75) is 12.5 Å². The summed E-state index contributed by atoms with van der Waals surface area (Å²) in [7, 11) is 3.39. The highest BCUT2D eigenvalue weighted by Gasteiger charge is 2.47. The Balaban J connectivity index is 1.59. The highest BCUT2D eigenvalue weighted by molar-refractivity contribution is 5.80. The van der Waals surface area contributed by atoms with Gasteiger partial charge in [0.2, 0.25) is 11.9 Å². The Bertz CT molecular complexity index is 863. The number of nitrogens with zero attached hydrogens (tertiary/aromatic N) is 4. The van der Waals surface area contributed by atoms with Crippen LogP contribution < -0.4 is 21.1 Å². The average molecular weight is 355 g/mol. The topological polar surface area (TPSA) is 120 Å². The first kappa shape index (κ1) is 16.4. The number of carbonyl (C=O) groups excluding carboxylic acids is 1. The maximum Gasteiger partial charge on any atom is 0.229 e. The van der Waals surface area contributed by atoms with Crippen LogP contribution >= 0.6 is 0 Å². The van der Waals surface area contributed by atoms with Crippen LogP contribution in [-0.4, -0.2) is 38.8 Å². The molecular formula is C17H21N7O2. The first-order valence-electron chi connectivity index (χ1n) is 8.46. The minimum Gasteiger partial charge on any atom is -0.491 e. The number of carbonyl (C=O) groups is 1. The highest BCUT2D eigenvalue weighted by Crippen LogP contribution is 2.45. The Labute approximate surface area is 150 Å². The van der Waals surface area contributed by atoms with Crippen molar-refractivity contribution in [1.82, 2.24) is 19.7 Å². The number of rotatable bonds is 6. The van der Waals surface area contributed by atoms with E-state index in [0.29, 0.717) is 17.5 Å². The number of anilines is 3. The van der Waals surface area contributed by atoms with Gasteiger partial charge >= 0.3 is 0 Å². The van der Waals surface area contributed by atoms with Gasteiger partial charge in [0.1, 0.15) is 0 Å². The minimum absolute atomic E-state index is 0.0995. The van der Waals surface area contributed by atoms with Crippen LogP contribution in [0.15, 0.2) is 30.7 Å². The number of ether oxygens (including phenoxy) is 1. The van der Waals surface area contributed by atoms with Gasteiger partial charge in [-0.25, -0.2) is 4.98 Å². The molecule has 2 bridgehead atoms. The minimum atomic E-state index is -0.291. The molecule has 1 fully saturated rings. The molecular weight excluding hydrogens is 334 g/mol. The van der Waals surface area contributed by atoms with Gasteiger partial charge in [0, 0.05) is 19.3 Å². The molecule has 0 radical (unpaired) electrons. The van der Waals surface area contributed by atoms with Crippen molar-refractivity contribution in [3.8, 4) is 5.75 Å². The molecule has 9 nitrogen and oxygen atoms in total. The maximum absolute atomic E-state index is 11.9. The van der Waals surface area contributed by atoms with Gasteiger partial charge in [0.05, 0.1) is 31.1 Å². The fraction of sp³-hybridized carbons (Fsp3) is 0.412. The van der Waals surface area contributed by atoms with E-state index in [4.69, 9.17) is 10.5 Å². The summed E-state index contributed by atoms with van der Waals surface area (Å²) in [5.74, 6) is 1.36. The van der Waals surface area contributed by atoms with Gasteiger partial charge in [0.25, 0.3) is 0 Å². The summed E-state index contributed by atoms with van der Waals surface area (Å²) in [6.45, 7) is 0. The predicted molar refractivity (Wildman–Crippen MR) is 95.9 cm³/mol. The number of aromatic nitrogens is 4. The number of hydrogen-bond acceptors (Lipinski definition) is 7. The third-order valence-electron chi connectivity index (χ3n) is 5.03. The van der Waals surface area contributed by atoms with Crippen LogP contribution in [0, 0.1) is 17.8 Å². The lowest BCUT2D eigenvalue weighted by atomic mass is 9.88. The highest BCUT2D eigenvalue weighted by atomic mass is 16.5. The lowest BCUT2D eigenvalue weighted by Crippen LogP contribution is -2.41. The average Bonchev–Trinajstić information content (AvgIpc) is 3.31. The van der Waals surface area contributed by atoms with E-state index >= 15 is 0 Å². The van der Waals surface area contributed by atoms with Crippen LogP contribution in [0.3, 0.4) is 0 Å². The van der Waals surface area contributed by atoms with E-state index in [2.05, 4.69) is 37.9 Å². The van der Waals surface area contributed by atoms with Crippen LogP contribution in [0.4, 0.5) is 17.5 Å². The fourth-order valence-corrected chi connectivity index (χ4v) is 3.86. The Kier molecular flexibility index (Phi) is 3.98. The number of amides is 1. The lowest BCUT2D eigenvalue weighted by Gasteiger charge is -2.27. The lowest BCUT2D eigenvalue weighted by molar-refractivity contribution is -0.122. The second-order valence-corrected chi connectivity index (χ2v) is 6.68. The molecule has 1 amide bonds. The summed E-state index contributed by atoms with van der Waals surface area (Å²) < 4.78 is 7.06. The van der Waals surface area contributed by atoms with Gasteiger partial charge < -0.3 is 21.1 Å². The van der Waals surface area contributed by atoms with Gasteiger partial charge in [-0.1, -0.05) is 12.2 Å². The SMILES string of the molecule is COc1cnc(Nc2cnn(C)c2)nc1N[C@H]1[C@@H](C(N)=O)[C@H]2C=C[C@H]1C2. The maximum atomic E-state index is 11.9. The van der Waals surface area contributed by atoms with E-state index < -0.39 is 0 Å². The molecule has 26 heavy (non-hydrogen) atoms. The Morgan fingerprint density at radius 1 is 1.35 bits per heavy atom. The first-order chi connectivity index (χ1) is 12.5. The van der Waals surface area contributed by atoms with Crippen molar-refractivity contribution in [1.29, 1.82) is 0 Å². The smallest absolute Gasteiger partial charge is 0.229 e. The van der Waals surface area contributed by atoms with Crippen molar-refractivity contribution in [3.63, 3.8) is 0 Å². The fourth-order valence-electron chi connectivity index (χ4n) is 3.86. The number of fused-ring (bicyclic) bond motifs is 2.